The Bertz CT molecular complexity index is 237. The van der Waals surface area contributed by atoms with Gasteiger partial charge in [-0.1, -0.05) is 25.7 Å². The van der Waals surface area contributed by atoms with Crippen molar-refractivity contribution >= 4 is 0 Å². The van der Waals surface area contributed by atoms with Gasteiger partial charge in [0.1, 0.15) is 0 Å². The number of likely N-dealkylation sites (tertiary alicyclic amines) is 1. The fourth-order valence-electron chi connectivity index (χ4n) is 3.35. The first-order valence-corrected chi connectivity index (χ1v) is 9.74. The molecule has 0 saturated carbocycles. The van der Waals surface area contributed by atoms with Crippen LogP contribution in [0.25, 0.3) is 0 Å². The van der Waals surface area contributed by atoms with E-state index in [9.17, 15) is 0 Å². The fraction of sp³-hybridized carbons (Fsp3) is 1.00. The van der Waals surface area contributed by atoms with Crippen LogP contribution in [0.4, 0.5) is 0 Å². The summed E-state index contributed by atoms with van der Waals surface area (Å²) in [6.45, 7) is 7.87. The minimum Gasteiger partial charge on any atom is -0.309 e. The van der Waals surface area contributed by atoms with Crippen LogP contribution in [0.15, 0.2) is 0 Å². The summed E-state index contributed by atoms with van der Waals surface area (Å²) in [4.78, 5) is 7.49. The molecule has 3 heteroatoms. The molecule has 0 atom stereocenters. The lowest BCUT2D eigenvalue weighted by atomic mass is 10.1. The summed E-state index contributed by atoms with van der Waals surface area (Å²) in [5.41, 5.74) is 0. The van der Waals surface area contributed by atoms with E-state index in [1.54, 1.807) is 0 Å². The molecule has 0 unspecified atom stereocenters. The van der Waals surface area contributed by atoms with Crippen molar-refractivity contribution in [3.63, 3.8) is 0 Å². The van der Waals surface area contributed by atoms with Crippen molar-refractivity contribution in [2.45, 2.75) is 64.2 Å². The minimum absolute atomic E-state index is 1.24. The zero-order valence-electron chi connectivity index (χ0n) is 15.7. The van der Waals surface area contributed by atoms with Crippen LogP contribution >= 0.6 is 0 Å². The van der Waals surface area contributed by atoms with Crippen molar-refractivity contribution in [3.8, 4) is 0 Å². The Morgan fingerprint density at radius 3 is 1.77 bits per heavy atom. The Morgan fingerprint density at radius 1 is 0.636 bits per heavy atom. The third kappa shape index (κ3) is 11.4. The first kappa shape index (κ1) is 19.9. The standard InChI is InChI=1S/C19H41N3/c1-20(2)14-8-4-5-9-15-21(3)16-10-6-11-17-22-18-12-7-13-19-22/h4-19H2,1-3H3. The molecule has 22 heavy (non-hydrogen) atoms. The Labute approximate surface area is 140 Å². The SMILES string of the molecule is CN(C)CCCCCCN(C)CCCCCN1CCCCC1. The van der Waals surface area contributed by atoms with Crippen LogP contribution in [-0.2, 0) is 0 Å². The molecule has 0 aromatic rings. The van der Waals surface area contributed by atoms with E-state index < -0.39 is 0 Å². The molecule has 0 aliphatic carbocycles. The van der Waals surface area contributed by atoms with Crippen molar-refractivity contribution in [2.75, 3.05) is 60.4 Å². The van der Waals surface area contributed by atoms with E-state index in [0.717, 1.165) is 0 Å². The number of hydrogen-bond donors (Lipinski definition) is 0. The van der Waals surface area contributed by atoms with Gasteiger partial charge in [-0.3, -0.25) is 0 Å². The summed E-state index contributed by atoms with van der Waals surface area (Å²) in [5.74, 6) is 0. The van der Waals surface area contributed by atoms with Crippen LogP contribution < -0.4 is 0 Å². The molecule has 0 aromatic carbocycles. The summed E-state index contributed by atoms with van der Waals surface area (Å²) >= 11 is 0. The van der Waals surface area contributed by atoms with Gasteiger partial charge in [0.15, 0.2) is 0 Å². The molecule has 1 aliphatic heterocycles. The van der Waals surface area contributed by atoms with Crippen LogP contribution in [0.2, 0.25) is 0 Å². The second-order valence-electron chi connectivity index (χ2n) is 7.48. The van der Waals surface area contributed by atoms with Gasteiger partial charge in [-0.2, -0.15) is 0 Å². The quantitative estimate of drug-likeness (QED) is 0.480. The lowest BCUT2D eigenvalue weighted by molar-refractivity contribution is 0.222. The van der Waals surface area contributed by atoms with Gasteiger partial charge in [-0.15, -0.1) is 0 Å². The zero-order chi connectivity index (χ0) is 16.0. The van der Waals surface area contributed by atoms with Crippen molar-refractivity contribution < 1.29 is 0 Å². The lowest BCUT2D eigenvalue weighted by Crippen LogP contribution is -2.30. The Balaban J connectivity index is 1.81. The monoisotopic (exact) mass is 311 g/mol. The largest absolute Gasteiger partial charge is 0.309 e. The Morgan fingerprint density at radius 2 is 1.18 bits per heavy atom. The molecule has 3 nitrogen and oxygen atoms in total. The molecule has 1 fully saturated rings. The molecule has 1 heterocycles. The maximum atomic E-state index is 2.67. The molecule has 0 N–H and O–H groups in total. The van der Waals surface area contributed by atoms with Gasteiger partial charge in [0.05, 0.1) is 0 Å². The molecular formula is C19H41N3. The molecule has 1 rings (SSSR count). The highest BCUT2D eigenvalue weighted by molar-refractivity contribution is 4.64. The van der Waals surface area contributed by atoms with Crippen LogP contribution in [0.1, 0.15) is 64.2 Å². The topological polar surface area (TPSA) is 9.72 Å². The Hall–Kier alpha value is -0.120. The van der Waals surface area contributed by atoms with E-state index in [-0.39, 0.29) is 0 Å². The van der Waals surface area contributed by atoms with E-state index >= 15 is 0 Å². The van der Waals surface area contributed by atoms with Crippen LogP contribution in [0.5, 0.6) is 0 Å². The maximum absolute atomic E-state index is 2.67. The van der Waals surface area contributed by atoms with Gasteiger partial charge < -0.3 is 14.7 Å². The predicted octanol–water partition coefficient (Wildman–Crippen LogP) is 3.70. The summed E-state index contributed by atoms with van der Waals surface area (Å²) in [7, 11) is 6.63. The molecular weight excluding hydrogens is 270 g/mol. The summed E-state index contributed by atoms with van der Waals surface area (Å²) < 4.78 is 0. The van der Waals surface area contributed by atoms with Gasteiger partial charge in [-0.05, 0) is 98.9 Å². The average Bonchev–Trinajstić information content (AvgIpc) is 2.51. The Kier molecular flexibility index (Phi) is 12.1. The maximum Gasteiger partial charge on any atom is -0.00187 e. The normalized spacial score (nSPS) is 16.8. The molecule has 0 aromatic heterocycles. The van der Waals surface area contributed by atoms with E-state index in [0.29, 0.717) is 0 Å². The highest BCUT2D eigenvalue weighted by Crippen LogP contribution is 2.10. The molecule has 0 spiro atoms. The van der Waals surface area contributed by atoms with E-state index in [2.05, 4.69) is 35.8 Å². The third-order valence-electron chi connectivity index (χ3n) is 4.86. The summed E-state index contributed by atoms with van der Waals surface area (Å²) in [5, 5.41) is 0. The number of hydrogen-bond acceptors (Lipinski definition) is 3. The molecule has 1 saturated heterocycles. The average molecular weight is 312 g/mol. The number of piperidine rings is 1. The number of unbranched alkanes of at least 4 members (excludes halogenated alkanes) is 5. The minimum atomic E-state index is 1.24. The van der Waals surface area contributed by atoms with Crippen molar-refractivity contribution in [3.05, 3.63) is 0 Å². The van der Waals surface area contributed by atoms with Gasteiger partial charge in [0, 0.05) is 0 Å². The highest BCUT2D eigenvalue weighted by atomic mass is 15.1. The molecule has 1 aliphatic rings. The van der Waals surface area contributed by atoms with Crippen LogP contribution in [-0.4, -0.2) is 75.1 Å². The summed E-state index contributed by atoms with van der Waals surface area (Å²) in [6.07, 6.45) is 14.0. The highest BCUT2D eigenvalue weighted by Gasteiger charge is 2.08. The molecule has 0 radical (unpaired) electrons. The van der Waals surface area contributed by atoms with E-state index in [1.807, 2.05) is 0 Å². The first-order valence-electron chi connectivity index (χ1n) is 9.74. The van der Waals surface area contributed by atoms with Crippen LogP contribution in [0, 0.1) is 0 Å². The van der Waals surface area contributed by atoms with E-state index in [1.165, 1.54) is 103 Å². The van der Waals surface area contributed by atoms with Gasteiger partial charge in [-0.25, -0.2) is 0 Å². The first-order chi connectivity index (χ1) is 10.7. The van der Waals surface area contributed by atoms with E-state index in [4.69, 9.17) is 0 Å². The van der Waals surface area contributed by atoms with Crippen molar-refractivity contribution in [1.82, 2.24) is 14.7 Å². The second kappa shape index (κ2) is 13.3. The fourth-order valence-corrected chi connectivity index (χ4v) is 3.35. The zero-order valence-corrected chi connectivity index (χ0v) is 15.7. The van der Waals surface area contributed by atoms with Gasteiger partial charge in [0.25, 0.3) is 0 Å². The molecule has 0 bridgehead atoms. The van der Waals surface area contributed by atoms with Gasteiger partial charge >= 0.3 is 0 Å². The predicted molar refractivity (Wildman–Crippen MR) is 98.7 cm³/mol. The lowest BCUT2D eigenvalue weighted by Gasteiger charge is -2.26. The van der Waals surface area contributed by atoms with Crippen molar-refractivity contribution in [2.24, 2.45) is 0 Å². The molecule has 132 valence electrons. The van der Waals surface area contributed by atoms with Crippen LogP contribution in [0.3, 0.4) is 0 Å². The number of rotatable bonds is 13. The van der Waals surface area contributed by atoms with Gasteiger partial charge in [0.2, 0.25) is 0 Å². The molecule has 0 amide bonds. The number of nitrogens with zero attached hydrogens (tertiary/aromatic N) is 3. The summed E-state index contributed by atoms with van der Waals surface area (Å²) in [6, 6.07) is 0. The second-order valence-corrected chi connectivity index (χ2v) is 7.48. The smallest absolute Gasteiger partial charge is 0.00187 e. The van der Waals surface area contributed by atoms with Crippen molar-refractivity contribution in [1.29, 1.82) is 0 Å². The third-order valence-corrected chi connectivity index (χ3v) is 4.86.